The third kappa shape index (κ3) is 1.53. The number of nitrogens with one attached hydrogen (secondary N) is 1. The number of carbonyl (C=O) groups is 1. The van der Waals surface area contributed by atoms with E-state index in [1.54, 1.807) is 12.1 Å². The number of carbonyl (C=O) groups excluding carboxylic acids is 1. The van der Waals surface area contributed by atoms with E-state index in [9.17, 15) is 9.18 Å². The molecule has 0 aromatic heterocycles. The topological polar surface area (TPSA) is 38.3 Å². The van der Waals surface area contributed by atoms with Gasteiger partial charge >= 0.3 is 6.09 Å². The third-order valence-electron chi connectivity index (χ3n) is 2.03. The van der Waals surface area contributed by atoms with E-state index in [0.717, 1.165) is 0 Å². The molecule has 1 N–H and O–H groups in total. The Balaban J connectivity index is 2.32. The van der Waals surface area contributed by atoms with Gasteiger partial charge < -0.3 is 10.1 Å². The Morgan fingerprint density at radius 2 is 2.36 bits per heavy atom. The van der Waals surface area contributed by atoms with Crippen molar-refractivity contribution < 1.29 is 13.9 Å². The average Bonchev–Trinajstić information content (AvgIpc) is 2.57. The van der Waals surface area contributed by atoms with Gasteiger partial charge in [-0.2, -0.15) is 0 Å². The minimum Gasteiger partial charge on any atom is -0.447 e. The minimum absolute atomic E-state index is 0.0450. The fraction of sp³-hybridized carbons (Fsp3) is 0.222. The second kappa shape index (κ2) is 3.46. The lowest BCUT2D eigenvalue weighted by Gasteiger charge is -2.09. The summed E-state index contributed by atoms with van der Waals surface area (Å²) in [6.45, 7) is 0.135. The van der Waals surface area contributed by atoms with E-state index in [-0.39, 0.29) is 11.6 Å². The van der Waals surface area contributed by atoms with Crippen LogP contribution in [0.5, 0.6) is 0 Å². The molecule has 14 heavy (non-hydrogen) atoms. The lowest BCUT2D eigenvalue weighted by Crippen LogP contribution is -2.19. The van der Waals surface area contributed by atoms with Crippen LogP contribution in [0.1, 0.15) is 11.6 Å². The second-order valence-electron chi connectivity index (χ2n) is 2.94. The van der Waals surface area contributed by atoms with Crippen LogP contribution in [0, 0.1) is 5.82 Å². The number of ether oxygens (including phenoxy) is 1. The molecule has 1 amide bonds. The van der Waals surface area contributed by atoms with Crippen LogP contribution in [-0.4, -0.2) is 12.7 Å². The number of alkyl carbamates (subject to hydrolysis) is 1. The normalized spacial score (nSPS) is 20.4. The highest BCUT2D eigenvalue weighted by atomic mass is 35.5. The molecule has 2 rings (SSSR count). The molecule has 0 spiro atoms. The molecule has 0 aliphatic carbocycles. The maximum absolute atomic E-state index is 13.4. The van der Waals surface area contributed by atoms with Gasteiger partial charge in [-0.25, -0.2) is 9.18 Å². The number of amides is 1. The van der Waals surface area contributed by atoms with Crippen LogP contribution in [0.2, 0.25) is 5.02 Å². The summed E-state index contributed by atoms with van der Waals surface area (Å²) in [6.07, 6.45) is -0.533. The van der Waals surface area contributed by atoms with E-state index in [1.807, 2.05) is 0 Å². The Hall–Kier alpha value is -1.29. The Bertz CT molecular complexity index is 383. The molecule has 1 fully saturated rings. The Labute approximate surface area is 84.8 Å². The number of hydrogen-bond donors (Lipinski definition) is 1. The summed E-state index contributed by atoms with van der Waals surface area (Å²) in [5, 5.41) is 2.52. The molecule has 0 bridgehead atoms. The zero-order valence-corrected chi connectivity index (χ0v) is 7.84. The SMILES string of the molecule is O=C1N[C@@H](c2cccc(Cl)c2F)CO1. The maximum atomic E-state index is 13.4. The Morgan fingerprint density at radius 3 is 3.00 bits per heavy atom. The van der Waals surface area contributed by atoms with Crippen molar-refractivity contribution >= 4 is 17.7 Å². The molecule has 0 unspecified atom stereocenters. The Morgan fingerprint density at radius 1 is 1.57 bits per heavy atom. The standard InChI is InChI=1S/C9H7ClFNO2/c10-6-3-1-2-5(8(6)11)7-4-14-9(13)12-7/h1-3,7H,4H2,(H,12,13)/t7-/m1/s1. The number of rotatable bonds is 1. The highest BCUT2D eigenvalue weighted by Crippen LogP contribution is 2.25. The van der Waals surface area contributed by atoms with Gasteiger partial charge in [-0.05, 0) is 6.07 Å². The van der Waals surface area contributed by atoms with Gasteiger partial charge in [-0.15, -0.1) is 0 Å². The fourth-order valence-electron chi connectivity index (χ4n) is 1.34. The lowest BCUT2D eigenvalue weighted by atomic mass is 10.1. The Kier molecular flexibility index (Phi) is 2.29. The van der Waals surface area contributed by atoms with E-state index < -0.39 is 18.0 Å². The lowest BCUT2D eigenvalue weighted by molar-refractivity contribution is 0.177. The molecule has 1 saturated heterocycles. The van der Waals surface area contributed by atoms with E-state index >= 15 is 0 Å². The van der Waals surface area contributed by atoms with Crippen molar-refractivity contribution in [2.75, 3.05) is 6.61 Å². The monoisotopic (exact) mass is 215 g/mol. The summed E-state index contributed by atoms with van der Waals surface area (Å²) in [6, 6.07) is 4.21. The third-order valence-corrected chi connectivity index (χ3v) is 2.32. The maximum Gasteiger partial charge on any atom is 0.407 e. The predicted octanol–water partition coefficient (Wildman–Crippen LogP) is 2.26. The van der Waals surface area contributed by atoms with Crippen LogP contribution in [0.25, 0.3) is 0 Å². The summed E-state index contributed by atoms with van der Waals surface area (Å²) in [4.78, 5) is 10.7. The van der Waals surface area contributed by atoms with Gasteiger partial charge in [0.2, 0.25) is 0 Å². The first-order chi connectivity index (χ1) is 6.68. The van der Waals surface area contributed by atoms with Gasteiger partial charge in [0.05, 0.1) is 11.1 Å². The first-order valence-electron chi connectivity index (χ1n) is 4.05. The average molecular weight is 216 g/mol. The minimum atomic E-state index is -0.533. The number of cyclic esters (lactones) is 1. The van der Waals surface area contributed by atoms with Crippen LogP contribution in [-0.2, 0) is 4.74 Å². The van der Waals surface area contributed by atoms with E-state index in [0.29, 0.717) is 5.56 Å². The zero-order valence-electron chi connectivity index (χ0n) is 7.09. The van der Waals surface area contributed by atoms with E-state index in [2.05, 4.69) is 10.1 Å². The van der Waals surface area contributed by atoms with Crippen LogP contribution < -0.4 is 5.32 Å². The van der Waals surface area contributed by atoms with Gasteiger partial charge in [-0.3, -0.25) is 0 Å². The van der Waals surface area contributed by atoms with Crippen molar-refractivity contribution in [2.24, 2.45) is 0 Å². The van der Waals surface area contributed by atoms with E-state index in [1.165, 1.54) is 6.07 Å². The summed E-state index contributed by atoms with van der Waals surface area (Å²) in [7, 11) is 0. The molecule has 3 nitrogen and oxygen atoms in total. The zero-order chi connectivity index (χ0) is 10.1. The summed E-state index contributed by atoms with van der Waals surface area (Å²) in [5.41, 5.74) is 0.350. The van der Waals surface area contributed by atoms with Crippen molar-refractivity contribution in [3.05, 3.63) is 34.6 Å². The number of benzene rings is 1. The van der Waals surface area contributed by atoms with Crippen LogP contribution in [0.4, 0.5) is 9.18 Å². The summed E-state index contributed by atoms with van der Waals surface area (Å²) in [5.74, 6) is -0.509. The molecule has 1 aromatic rings. The van der Waals surface area contributed by atoms with Crippen molar-refractivity contribution in [2.45, 2.75) is 6.04 Å². The molecule has 74 valence electrons. The summed E-state index contributed by atoms with van der Waals surface area (Å²) < 4.78 is 18.1. The molecule has 1 atom stereocenters. The van der Waals surface area contributed by atoms with Gasteiger partial charge in [0.15, 0.2) is 0 Å². The van der Waals surface area contributed by atoms with Gasteiger partial charge in [0.25, 0.3) is 0 Å². The predicted molar refractivity (Wildman–Crippen MR) is 48.6 cm³/mol. The first kappa shape index (κ1) is 9.27. The van der Waals surface area contributed by atoms with Crippen LogP contribution in [0.3, 0.4) is 0 Å². The highest BCUT2D eigenvalue weighted by molar-refractivity contribution is 6.30. The van der Waals surface area contributed by atoms with Crippen molar-refractivity contribution in [3.8, 4) is 0 Å². The largest absolute Gasteiger partial charge is 0.447 e. The number of halogens is 2. The van der Waals surface area contributed by atoms with Gasteiger partial charge in [0.1, 0.15) is 12.4 Å². The van der Waals surface area contributed by atoms with Crippen LogP contribution in [0.15, 0.2) is 18.2 Å². The molecule has 1 aromatic carbocycles. The fourth-order valence-corrected chi connectivity index (χ4v) is 1.52. The quantitative estimate of drug-likeness (QED) is 0.781. The molecule has 0 saturated carbocycles. The molecule has 1 heterocycles. The molecule has 1 aliphatic rings. The van der Waals surface area contributed by atoms with Gasteiger partial charge in [-0.1, -0.05) is 23.7 Å². The second-order valence-corrected chi connectivity index (χ2v) is 3.35. The molecule has 1 aliphatic heterocycles. The first-order valence-corrected chi connectivity index (χ1v) is 4.43. The van der Waals surface area contributed by atoms with Crippen molar-refractivity contribution in [1.29, 1.82) is 0 Å². The molecular weight excluding hydrogens is 209 g/mol. The summed E-state index contributed by atoms with van der Waals surface area (Å²) >= 11 is 5.60. The molecular formula is C9H7ClFNO2. The smallest absolute Gasteiger partial charge is 0.407 e. The molecule has 0 radical (unpaired) electrons. The van der Waals surface area contributed by atoms with Crippen molar-refractivity contribution in [1.82, 2.24) is 5.32 Å². The van der Waals surface area contributed by atoms with E-state index in [4.69, 9.17) is 11.6 Å². The molecule has 5 heteroatoms. The van der Waals surface area contributed by atoms with Crippen molar-refractivity contribution in [3.63, 3.8) is 0 Å². The van der Waals surface area contributed by atoms with Crippen LogP contribution >= 0.6 is 11.6 Å². The number of hydrogen-bond acceptors (Lipinski definition) is 2. The highest BCUT2D eigenvalue weighted by Gasteiger charge is 2.26. The van der Waals surface area contributed by atoms with Gasteiger partial charge in [0, 0.05) is 5.56 Å².